The van der Waals surface area contributed by atoms with Gasteiger partial charge in [0, 0.05) is 6.54 Å². The van der Waals surface area contributed by atoms with E-state index in [4.69, 9.17) is 4.74 Å². The third kappa shape index (κ3) is 4.33. The van der Waals surface area contributed by atoms with Gasteiger partial charge in [0.25, 0.3) is 0 Å². The van der Waals surface area contributed by atoms with Crippen LogP contribution < -0.4 is 10.1 Å². The second kappa shape index (κ2) is 7.28. The van der Waals surface area contributed by atoms with Gasteiger partial charge in [-0.3, -0.25) is 0 Å². The molecule has 0 aromatic heterocycles. The number of hydrogen-bond acceptors (Lipinski definition) is 2. The summed E-state index contributed by atoms with van der Waals surface area (Å²) in [6, 6.07) is 14.7. The van der Waals surface area contributed by atoms with Gasteiger partial charge in [0.05, 0.1) is 0 Å². The zero-order chi connectivity index (χ0) is 15.2. The maximum Gasteiger partial charge on any atom is 0.130 e. The van der Waals surface area contributed by atoms with E-state index in [1.807, 2.05) is 12.1 Å². The number of benzene rings is 2. The highest BCUT2D eigenvalue weighted by Gasteiger charge is 2.05. The van der Waals surface area contributed by atoms with Crippen LogP contribution in [0.3, 0.4) is 0 Å². The summed E-state index contributed by atoms with van der Waals surface area (Å²) in [5.74, 6) is 2.37. The molecule has 112 valence electrons. The molecular weight excluding hydrogens is 258 g/mol. The Morgan fingerprint density at radius 3 is 2.38 bits per heavy atom. The van der Waals surface area contributed by atoms with Gasteiger partial charge in [-0.15, -0.1) is 0 Å². The number of aryl methyl sites for hydroxylation is 1. The van der Waals surface area contributed by atoms with Gasteiger partial charge >= 0.3 is 0 Å². The summed E-state index contributed by atoms with van der Waals surface area (Å²) in [4.78, 5) is 0. The lowest BCUT2D eigenvalue weighted by molar-refractivity contribution is 0.477. The smallest absolute Gasteiger partial charge is 0.130 e. The molecule has 1 N–H and O–H groups in total. The van der Waals surface area contributed by atoms with Gasteiger partial charge in [-0.05, 0) is 54.3 Å². The van der Waals surface area contributed by atoms with E-state index < -0.39 is 0 Å². The average molecular weight is 283 g/mol. The fraction of sp³-hybridized carbons (Fsp3) is 0.368. The first kappa shape index (κ1) is 15.6. The zero-order valence-corrected chi connectivity index (χ0v) is 13.4. The molecule has 0 radical (unpaired) electrons. The van der Waals surface area contributed by atoms with Crippen molar-refractivity contribution in [2.75, 3.05) is 6.54 Å². The molecule has 0 aliphatic rings. The Labute approximate surface area is 128 Å². The third-order valence-corrected chi connectivity index (χ3v) is 3.61. The monoisotopic (exact) mass is 283 g/mol. The van der Waals surface area contributed by atoms with E-state index in [2.05, 4.69) is 63.3 Å². The summed E-state index contributed by atoms with van der Waals surface area (Å²) in [6.45, 7) is 10.4. The molecule has 0 saturated heterocycles. The Morgan fingerprint density at radius 2 is 1.76 bits per heavy atom. The molecule has 0 bridgehead atoms. The van der Waals surface area contributed by atoms with E-state index in [-0.39, 0.29) is 0 Å². The lowest BCUT2D eigenvalue weighted by Gasteiger charge is -2.12. The van der Waals surface area contributed by atoms with Crippen LogP contribution in [0.1, 0.15) is 43.4 Å². The largest absolute Gasteiger partial charge is 0.457 e. The van der Waals surface area contributed by atoms with Crippen molar-refractivity contribution in [3.63, 3.8) is 0 Å². The van der Waals surface area contributed by atoms with Crippen molar-refractivity contribution >= 4 is 0 Å². The second-order valence-electron chi connectivity index (χ2n) is 5.71. The quantitative estimate of drug-likeness (QED) is 0.803. The molecule has 0 saturated carbocycles. The molecule has 2 aromatic rings. The van der Waals surface area contributed by atoms with E-state index in [0.29, 0.717) is 5.92 Å². The van der Waals surface area contributed by atoms with Gasteiger partial charge in [-0.1, -0.05) is 45.0 Å². The van der Waals surface area contributed by atoms with Gasteiger partial charge < -0.3 is 10.1 Å². The van der Waals surface area contributed by atoms with Gasteiger partial charge in [0.2, 0.25) is 0 Å². The summed E-state index contributed by atoms with van der Waals surface area (Å²) in [5, 5.41) is 3.34. The van der Waals surface area contributed by atoms with Crippen molar-refractivity contribution in [1.29, 1.82) is 0 Å². The van der Waals surface area contributed by atoms with Crippen LogP contribution in [0.2, 0.25) is 0 Å². The summed E-state index contributed by atoms with van der Waals surface area (Å²) in [6.07, 6.45) is 0. The Morgan fingerprint density at radius 1 is 1.05 bits per heavy atom. The first-order valence-corrected chi connectivity index (χ1v) is 7.68. The molecule has 0 aliphatic heterocycles. The van der Waals surface area contributed by atoms with Crippen LogP contribution in [0.5, 0.6) is 11.5 Å². The maximum absolute atomic E-state index is 6.04. The van der Waals surface area contributed by atoms with Gasteiger partial charge in [0.15, 0.2) is 0 Å². The first-order valence-electron chi connectivity index (χ1n) is 7.68. The van der Waals surface area contributed by atoms with Crippen LogP contribution in [-0.4, -0.2) is 6.54 Å². The Hall–Kier alpha value is -1.80. The molecule has 2 nitrogen and oxygen atoms in total. The molecule has 2 rings (SSSR count). The SMILES string of the molecule is CCNCc1ccc(C)c(Oc2ccc(C(C)C)cc2)c1. The van der Waals surface area contributed by atoms with Crippen LogP contribution in [0.15, 0.2) is 42.5 Å². The molecule has 2 heteroatoms. The molecule has 0 aliphatic carbocycles. The summed E-state index contributed by atoms with van der Waals surface area (Å²) < 4.78 is 6.04. The van der Waals surface area contributed by atoms with Crippen molar-refractivity contribution in [2.45, 2.75) is 40.2 Å². The highest BCUT2D eigenvalue weighted by Crippen LogP contribution is 2.27. The molecule has 0 unspecified atom stereocenters. The van der Waals surface area contributed by atoms with Gasteiger partial charge in [-0.2, -0.15) is 0 Å². The van der Waals surface area contributed by atoms with E-state index in [1.165, 1.54) is 11.1 Å². The van der Waals surface area contributed by atoms with Gasteiger partial charge in [-0.25, -0.2) is 0 Å². The Bertz CT molecular complexity index is 573. The molecule has 0 fully saturated rings. The lowest BCUT2D eigenvalue weighted by Crippen LogP contribution is -2.11. The van der Waals surface area contributed by atoms with Gasteiger partial charge in [0.1, 0.15) is 11.5 Å². The average Bonchev–Trinajstić information content (AvgIpc) is 2.48. The second-order valence-corrected chi connectivity index (χ2v) is 5.71. The fourth-order valence-corrected chi connectivity index (χ4v) is 2.18. The van der Waals surface area contributed by atoms with Crippen LogP contribution >= 0.6 is 0 Å². The van der Waals surface area contributed by atoms with Crippen LogP contribution in [0, 0.1) is 6.92 Å². The number of nitrogens with one attached hydrogen (secondary N) is 1. The number of ether oxygens (including phenoxy) is 1. The summed E-state index contributed by atoms with van der Waals surface area (Å²) in [7, 11) is 0. The Balaban J connectivity index is 2.14. The standard InChI is InChI=1S/C19H25NO/c1-5-20-13-16-7-6-15(4)19(12-16)21-18-10-8-17(9-11-18)14(2)3/h6-12,14,20H,5,13H2,1-4H3. The normalized spacial score (nSPS) is 10.9. The van der Waals surface area contributed by atoms with E-state index >= 15 is 0 Å². The topological polar surface area (TPSA) is 21.3 Å². The maximum atomic E-state index is 6.04. The summed E-state index contributed by atoms with van der Waals surface area (Å²) in [5.41, 5.74) is 3.74. The Kier molecular flexibility index (Phi) is 5.40. The fourth-order valence-electron chi connectivity index (χ4n) is 2.18. The van der Waals surface area contributed by atoms with Crippen molar-refractivity contribution in [2.24, 2.45) is 0 Å². The van der Waals surface area contributed by atoms with Crippen LogP contribution in [-0.2, 0) is 6.54 Å². The minimum atomic E-state index is 0.546. The molecule has 2 aromatic carbocycles. The zero-order valence-electron chi connectivity index (χ0n) is 13.4. The first-order chi connectivity index (χ1) is 10.1. The highest BCUT2D eigenvalue weighted by molar-refractivity contribution is 5.40. The molecule has 0 amide bonds. The van der Waals surface area contributed by atoms with E-state index in [9.17, 15) is 0 Å². The molecule has 0 heterocycles. The number of hydrogen-bond donors (Lipinski definition) is 1. The van der Waals surface area contributed by atoms with Crippen molar-refractivity contribution < 1.29 is 4.74 Å². The van der Waals surface area contributed by atoms with Crippen molar-refractivity contribution in [3.05, 3.63) is 59.2 Å². The van der Waals surface area contributed by atoms with Crippen LogP contribution in [0.4, 0.5) is 0 Å². The molecular formula is C19H25NO. The van der Waals surface area contributed by atoms with E-state index in [0.717, 1.165) is 30.2 Å². The van der Waals surface area contributed by atoms with Crippen molar-refractivity contribution in [3.8, 4) is 11.5 Å². The van der Waals surface area contributed by atoms with Crippen LogP contribution in [0.25, 0.3) is 0 Å². The minimum Gasteiger partial charge on any atom is -0.457 e. The number of rotatable bonds is 6. The molecule has 21 heavy (non-hydrogen) atoms. The lowest BCUT2D eigenvalue weighted by atomic mass is 10.0. The summed E-state index contributed by atoms with van der Waals surface area (Å²) >= 11 is 0. The highest BCUT2D eigenvalue weighted by atomic mass is 16.5. The predicted molar refractivity (Wildman–Crippen MR) is 89.2 cm³/mol. The third-order valence-electron chi connectivity index (χ3n) is 3.61. The van der Waals surface area contributed by atoms with E-state index in [1.54, 1.807) is 0 Å². The molecule has 0 atom stereocenters. The molecule has 0 spiro atoms. The predicted octanol–water partition coefficient (Wildman–Crippen LogP) is 5.02. The van der Waals surface area contributed by atoms with Crippen molar-refractivity contribution in [1.82, 2.24) is 5.32 Å². The minimum absolute atomic E-state index is 0.546.